The summed E-state index contributed by atoms with van der Waals surface area (Å²) in [5, 5.41) is 4.94. The topological polar surface area (TPSA) is 101 Å². The van der Waals surface area contributed by atoms with E-state index in [9.17, 15) is 14.4 Å². The summed E-state index contributed by atoms with van der Waals surface area (Å²) in [6.07, 6.45) is 2.46. The van der Waals surface area contributed by atoms with Crippen LogP contribution >= 0.6 is 22.7 Å². The molecule has 0 aromatic carbocycles. The number of thiophene rings is 1. The highest BCUT2D eigenvalue weighted by Gasteiger charge is 2.24. The van der Waals surface area contributed by atoms with Crippen LogP contribution in [0.1, 0.15) is 27.1 Å². The Bertz CT molecular complexity index is 948. The Morgan fingerprint density at radius 1 is 1.31 bits per heavy atom. The number of fused-ring (bicyclic) bond motifs is 1. The molecule has 3 amide bonds. The Morgan fingerprint density at radius 2 is 2.12 bits per heavy atom. The number of hydrogen-bond donors (Lipinski definition) is 1. The van der Waals surface area contributed by atoms with Gasteiger partial charge >= 0.3 is 6.09 Å². The molecule has 3 aromatic heterocycles. The molecule has 3 heterocycles. The summed E-state index contributed by atoms with van der Waals surface area (Å²) in [7, 11) is 1.32. The number of imide groups is 1. The number of rotatable bonds is 4. The average molecular weight is 390 g/mol. The van der Waals surface area contributed by atoms with E-state index in [2.05, 4.69) is 15.3 Å². The number of nitrogens with one attached hydrogen (secondary N) is 1. The number of aromatic nitrogens is 2. The van der Waals surface area contributed by atoms with E-state index >= 15 is 0 Å². The first-order valence-electron chi connectivity index (χ1n) is 7.55. The van der Waals surface area contributed by atoms with Crippen molar-refractivity contribution < 1.29 is 19.1 Å². The third-order valence-corrected chi connectivity index (χ3v) is 5.22. The SMILES string of the molecule is CCOC(=O)N(C)C(=O)c1ccsc1NC(=O)c1nc2cnccc2s1. The molecule has 0 bridgehead atoms. The summed E-state index contributed by atoms with van der Waals surface area (Å²) in [5.41, 5.74) is 0.842. The second kappa shape index (κ2) is 7.58. The summed E-state index contributed by atoms with van der Waals surface area (Å²) in [4.78, 5) is 45.7. The number of thiazole rings is 1. The van der Waals surface area contributed by atoms with Gasteiger partial charge in [-0.15, -0.1) is 22.7 Å². The van der Waals surface area contributed by atoms with Crippen LogP contribution in [-0.2, 0) is 4.74 Å². The molecule has 0 aliphatic heterocycles. The number of anilines is 1. The Balaban J connectivity index is 1.79. The van der Waals surface area contributed by atoms with Crippen molar-refractivity contribution in [2.45, 2.75) is 6.92 Å². The lowest BCUT2D eigenvalue weighted by Crippen LogP contribution is -2.34. The fourth-order valence-electron chi connectivity index (χ4n) is 2.09. The van der Waals surface area contributed by atoms with Crippen molar-refractivity contribution in [3.63, 3.8) is 0 Å². The van der Waals surface area contributed by atoms with Gasteiger partial charge in [0.05, 0.1) is 23.1 Å². The first kappa shape index (κ1) is 18.0. The van der Waals surface area contributed by atoms with Gasteiger partial charge in [-0.05, 0) is 24.4 Å². The number of carbonyl (C=O) groups excluding carboxylic acids is 3. The molecule has 26 heavy (non-hydrogen) atoms. The fourth-order valence-corrected chi connectivity index (χ4v) is 3.69. The average Bonchev–Trinajstić information content (AvgIpc) is 3.27. The quantitative estimate of drug-likeness (QED) is 0.734. The van der Waals surface area contributed by atoms with Gasteiger partial charge in [0.15, 0.2) is 5.01 Å². The maximum absolute atomic E-state index is 12.5. The molecule has 0 aliphatic carbocycles. The first-order valence-corrected chi connectivity index (χ1v) is 9.25. The minimum Gasteiger partial charge on any atom is -0.449 e. The first-order chi connectivity index (χ1) is 12.5. The van der Waals surface area contributed by atoms with Crippen LogP contribution in [0.2, 0.25) is 0 Å². The van der Waals surface area contributed by atoms with Crippen LogP contribution in [0, 0.1) is 0 Å². The van der Waals surface area contributed by atoms with Gasteiger partial charge in [0.2, 0.25) is 0 Å². The predicted octanol–water partition coefficient (Wildman–Crippen LogP) is 3.23. The van der Waals surface area contributed by atoms with Crippen LogP contribution in [0.5, 0.6) is 0 Å². The van der Waals surface area contributed by atoms with Gasteiger partial charge in [-0.2, -0.15) is 0 Å². The second-order valence-corrected chi connectivity index (χ2v) is 6.99. The van der Waals surface area contributed by atoms with Crippen LogP contribution in [0.25, 0.3) is 10.2 Å². The highest BCUT2D eigenvalue weighted by atomic mass is 32.1. The van der Waals surface area contributed by atoms with Gasteiger partial charge in [-0.25, -0.2) is 14.7 Å². The fraction of sp³-hybridized carbons (Fsp3) is 0.188. The molecule has 0 saturated carbocycles. The van der Waals surface area contributed by atoms with E-state index in [1.165, 1.54) is 29.7 Å². The lowest BCUT2D eigenvalue weighted by Gasteiger charge is -2.14. The second-order valence-electron chi connectivity index (χ2n) is 5.04. The third kappa shape index (κ3) is 3.55. The van der Waals surface area contributed by atoms with E-state index in [4.69, 9.17) is 4.74 Å². The maximum Gasteiger partial charge on any atom is 0.416 e. The molecule has 0 saturated heterocycles. The van der Waals surface area contributed by atoms with Gasteiger partial charge in [-0.1, -0.05) is 0 Å². The van der Waals surface area contributed by atoms with Crippen LogP contribution in [0.3, 0.4) is 0 Å². The van der Waals surface area contributed by atoms with Crippen molar-refractivity contribution in [3.8, 4) is 0 Å². The smallest absolute Gasteiger partial charge is 0.416 e. The van der Waals surface area contributed by atoms with Crippen LogP contribution in [0.4, 0.5) is 9.80 Å². The maximum atomic E-state index is 12.5. The van der Waals surface area contributed by atoms with Gasteiger partial charge < -0.3 is 10.1 Å². The Hall–Kier alpha value is -2.85. The van der Waals surface area contributed by atoms with Crippen molar-refractivity contribution >= 4 is 55.8 Å². The summed E-state index contributed by atoms with van der Waals surface area (Å²) >= 11 is 2.41. The van der Waals surface area contributed by atoms with Crippen LogP contribution in [0.15, 0.2) is 29.9 Å². The molecule has 1 N–H and O–H groups in total. The molecule has 0 atom stereocenters. The van der Waals surface area contributed by atoms with E-state index in [0.717, 1.165) is 9.60 Å². The Labute approximate surface area is 156 Å². The number of pyridine rings is 1. The van der Waals surface area contributed by atoms with Gasteiger partial charge in [0.1, 0.15) is 10.5 Å². The molecular weight excluding hydrogens is 376 g/mol. The highest BCUT2D eigenvalue weighted by molar-refractivity contribution is 7.20. The van der Waals surface area contributed by atoms with E-state index in [1.54, 1.807) is 36.8 Å². The van der Waals surface area contributed by atoms with E-state index in [0.29, 0.717) is 10.5 Å². The van der Waals surface area contributed by atoms with Gasteiger partial charge in [-0.3, -0.25) is 14.6 Å². The lowest BCUT2D eigenvalue weighted by atomic mass is 10.3. The highest BCUT2D eigenvalue weighted by Crippen LogP contribution is 2.27. The summed E-state index contributed by atoms with van der Waals surface area (Å²) in [6.45, 7) is 1.82. The van der Waals surface area contributed by atoms with Crippen LogP contribution in [-0.4, -0.2) is 46.4 Å². The number of carbonyl (C=O) groups is 3. The summed E-state index contributed by atoms with van der Waals surface area (Å²) in [6, 6.07) is 3.32. The number of amides is 3. The molecule has 0 unspecified atom stereocenters. The zero-order valence-electron chi connectivity index (χ0n) is 13.9. The molecule has 8 nitrogen and oxygen atoms in total. The molecule has 10 heteroatoms. The molecular formula is C16H14N4O4S2. The monoisotopic (exact) mass is 390 g/mol. The molecule has 0 aliphatic rings. The largest absolute Gasteiger partial charge is 0.449 e. The summed E-state index contributed by atoms with van der Waals surface area (Å²) in [5.74, 6) is -0.991. The minimum absolute atomic E-state index is 0.163. The number of nitrogens with zero attached hydrogens (tertiary/aromatic N) is 3. The van der Waals surface area contributed by atoms with Crippen molar-refractivity contribution in [3.05, 3.63) is 40.5 Å². The zero-order valence-corrected chi connectivity index (χ0v) is 15.5. The normalized spacial score (nSPS) is 10.5. The predicted molar refractivity (Wildman–Crippen MR) is 98.8 cm³/mol. The minimum atomic E-state index is -0.750. The molecule has 134 valence electrons. The Morgan fingerprint density at radius 3 is 2.85 bits per heavy atom. The van der Waals surface area contributed by atoms with Gasteiger partial charge in [0, 0.05) is 13.2 Å². The van der Waals surface area contributed by atoms with Crippen molar-refractivity contribution in [1.82, 2.24) is 14.9 Å². The molecule has 0 spiro atoms. The van der Waals surface area contributed by atoms with Crippen molar-refractivity contribution in [2.75, 3.05) is 19.0 Å². The summed E-state index contributed by atoms with van der Waals surface area (Å²) < 4.78 is 5.66. The third-order valence-electron chi connectivity index (χ3n) is 3.35. The van der Waals surface area contributed by atoms with Crippen LogP contribution < -0.4 is 5.32 Å². The Kier molecular flexibility index (Phi) is 5.24. The van der Waals surface area contributed by atoms with Crippen molar-refractivity contribution in [2.24, 2.45) is 0 Å². The van der Waals surface area contributed by atoms with Crippen molar-refractivity contribution in [1.29, 1.82) is 0 Å². The van der Waals surface area contributed by atoms with E-state index < -0.39 is 17.9 Å². The standard InChI is InChI=1S/C16H14N4O4S2/c1-3-24-16(23)20(2)15(22)9-5-7-25-13(9)19-12(21)14-18-10-8-17-6-4-11(10)26-14/h4-8H,3H2,1-2H3,(H,19,21). The zero-order chi connectivity index (χ0) is 18.7. The van der Waals surface area contributed by atoms with Gasteiger partial charge in [0.25, 0.3) is 11.8 Å². The van der Waals surface area contributed by atoms with E-state index in [-0.39, 0.29) is 17.2 Å². The lowest BCUT2D eigenvalue weighted by molar-refractivity contribution is 0.0721. The number of hydrogen-bond acceptors (Lipinski definition) is 8. The number of ether oxygens (including phenoxy) is 1. The molecule has 0 fully saturated rings. The molecule has 3 rings (SSSR count). The molecule has 0 radical (unpaired) electrons. The molecule has 3 aromatic rings. The van der Waals surface area contributed by atoms with E-state index in [1.807, 2.05) is 0 Å².